The van der Waals surface area contributed by atoms with E-state index in [9.17, 15) is 0 Å². The molecule has 4 nitrogen and oxygen atoms in total. The number of pyridine rings is 1. The third kappa shape index (κ3) is 2.54. The Kier molecular flexibility index (Phi) is 4.13. The molecule has 0 N–H and O–H groups in total. The van der Waals surface area contributed by atoms with E-state index >= 15 is 0 Å². The fourth-order valence-corrected chi connectivity index (χ4v) is 2.02. The third-order valence-electron chi connectivity index (χ3n) is 3.31. The second-order valence-corrected chi connectivity index (χ2v) is 4.51. The molecular weight excluding hydrogens is 254 g/mol. The first-order valence-electron chi connectivity index (χ1n) is 6.35. The lowest BCUT2D eigenvalue weighted by atomic mass is 10.1. The van der Waals surface area contributed by atoms with Gasteiger partial charge in [-0.2, -0.15) is 0 Å². The highest BCUT2D eigenvalue weighted by Gasteiger charge is 2.14. The van der Waals surface area contributed by atoms with Crippen molar-refractivity contribution in [2.24, 2.45) is 0 Å². The number of ether oxygens (including phenoxy) is 3. The quantitative estimate of drug-likeness (QED) is 0.856. The number of aryl methyl sites for hydroxylation is 2. The smallest absolute Gasteiger partial charge is 0.203 e. The molecule has 0 fully saturated rings. The van der Waals surface area contributed by atoms with Crippen molar-refractivity contribution >= 4 is 0 Å². The van der Waals surface area contributed by atoms with Crippen LogP contribution in [0.3, 0.4) is 0 Å². The Morgan fingerprint density at radius 3 is 1.90 bits per heavy atom. The van der Waals surface area contributed by atoms with Gasteiger partial charge in [-0.25, -0.2) is 0 Å². The molecule has 1 aromatic carbocycles. The van der Waals surface area contributed by atoms with E-state index in [0.29, 0.717) is 17.2 Å². The molecule has 0 unspecified atom stereocenters. The molecule has 0 saturated carbocycles. The van der Waals surface area contributed by atoms with Crippen molar-refractivity contribution < 1.29 is 14.2 Å². The van der Waals surface area contributed by atoms with E-state index < -0.39 is 0 Å². The molecule has 0 aliphatic rings. The zero-order valence-electron chi connectivity index (χ0n) is 12.5. The fourth-order valence-electron chi connectivity index (χ4n) is 2.02. The summed E-state index contributed by atoms with van der Waals surface area (Å²) in [5, 5.41) is 0. The van der Waals surface area contributed by atoms with Crippen molar-refractivity contribution in [3.8, 4) is 28.5 Å². The Morgan fingerprint density at radius 2 is 1.45 bits per heavy atom. The van der Waals surface area contributed by atoms with Gasteiger partial charge < -0.3 is 14.2 Å². The van der Waals surface area contributed by atoms with E-state index in [1.165, 1.54) is 5.56 Å². The number of hydrogen-bond donors (Lipinski definition) is 0. The summed E-state index contributed by atoms with van der Waals surface area (Å²) in [7, 11) is 4.80. The number of benzene rings is 1. The highest BCUT2D eigenvalue weighted by atomic mass is 16.5. The largest absolute Gasteiger partial charge is 0.493 e. The minimum Gasteiger partial charge on any atom is -0.493 e. The van der Waals surface area contributed by atoms with Gasteiger partial charge in [0.15, 0.2) is 11.5 Å². The first-order chi connectivity index (χ1) is 9.60. The number of methoxy groups -OCH3 is 3. The van der Waals surface area contributed by atoms with Gasteiger partial charge in [-0.15, -0.1) is 0 Å². The predicted molar refractivity (Wildman–Crippen MR) is 78.8 cm³/mol. The van der Waals surface area contributed by atoms with Crippen LogP contribution >= 0.6 is 0 Å². The lowest BCUT2D eigenvalue weighted by molar-refractivity contribution is 0.324. The van der Waals surface area contributed by atoms with E-state index in [4.69, 9.17) is 14.2 Å². The van der Waals surface area contributed by atoms with Crippen molar-refractivity contribution in [2.45, 2.75) is 13.8 Å². The first kappa shape index (κ1) is 14.2. The zero-order valence-corrected chi connectivity index (χ0v) is 12.5. The van der Waals surface area contributed by atoms with E-state index in [1.807, 2.05) is 32.0 Å². The molecule has 1 heterocycles. The van der Waals surface area contributed by atoms with Crippen molar-refractivity contribution in [2.75, 3.05) is 21.3 Å². The highest BCUT2D eigenvalue weighted by Crippen LogP contribution is 2.40. The molecule has 1 aromatic heterocycles. The number of nitrogens with zero attached hydrogens (tertiary/aromatic N) is 1. The lowest BCUT2D eigenvalue weighted by Crippen LogP contribution is -1.97. The van der Waals surface area contributed by atoms with Gasteiger partial charge in [-0.3, -0.25) is 4.98 Å². The summed E-state index contributed by atoms with van der Waals surface area (Å²) >= 11 is 0. The van der Waals surface area contributed by atoms with E-state index in [-0.39, 0.29) is 0 Å². The summed E-state index contributed by atoms with van der Waals surface area (Å²) in [4.78, 5) is 4.60. The summed E-state index contributed by atoms with van der Waals surface area (Å²) in [6.07, 6.45) is 0. The molecule has 0 spiro atoms. The van der Waals surface area contributed by atoms with Crippen LogP contribution in [0.25, 0.3) is 11.3 Å². The monoisotopic (exact) mass is 273 g/mol. The summed E-state index contributed by atoms with van der Waals surface area (Å²) in [6.45, 7) is 4.04. The molecule has 0 bridgehead atoms. The molecule has 20 heavy (non-hydrogen) atoms. The third-order valence-corrected chi connectivity index (χ3v) is 3.31. The van der Waals surface area contributed by atoms with Gasteiger partial charge in [0, 0.05) is 11.3 Å². The minimum atomic E-state index is 0.586. The maximum Gasteiger partial charge on any atom is 0.203 e. The highest BCUT2D eigenvalue weighted by molar-refractivity contribution is 5.68. The van der Waals surface area contributed by atoms with Gasteiger partial charge in [0.2, 0.25) is 5.75 Å². The van der Waals surface area contributed by atoms with Crippen LogP contribution in [0.2, 0.25) is 0 Å². The van der Waals surface area contributed by atoms with Gasteiger partial charge in [-0.05, 0) is 37.6 Å². The fraction of sp³-hybridized carbons (Fsp3) is 0.312. The van der Waals surface area contributed by atoms with Crippen molar-refractivity contribution in [3.63, 3.8) is 0 Å². The van der Waals surface area contributed by atoms with E-state index in [2.05, 4.69) is 11.1 Å². The molecular formula is C16H19NO3. The molecule has 0 aliphatic heterocycles. The van der Waals surface area contributed by atoms with E-state index in [1.54, 1.807) is 21.3 Å². The van der Waals surface area contributed by atoms with Crippen LogP contribution in [0.4, 0.5) is 0 Å². The molecule has 4 heteroatoms. The summed E-state index contributed by atoms with van der Waals surface area (Å²) in [5.41, 5.74) is 3.99. The minimum absolute atomic E-state index is 0.586. The lowest BCUT2D eigenvalue weighted by Gasteiger charge is -2.14. The van der Waals surface area contributed by atoms with Crippen LogP contribution in [0.15, 0.2) is 24.3 Å². The SMILES string of the molecule is COc1cc(-c2ccc(C)c(C)n2)cc(OC)c1OC. The Labute approximate surface area is 119 Å². The molecule has 0 atom stereocenters. The summed E-state index contributed by atoms with van der Waals surface area (Å²) < 4.78 is 16.0. The molecule has 0 amide bonds. The topological polar surface area (TPSA) is 40.6 Å². The van der Waals surface area contributed by atoms with Gasteiger partial charge in [-0.1, -0.05) is 6.07 Å². The second kappa shape index (κ2) is 5.82. The number of aromatic nitrogens is 1. The molecule has 0 saturated heterocycles. The Hall–Kier alpha value is -2.23. The van der Waals surface area contributed by atoms with Crippen molar-refractivity contribution in [1.82, 2.24) is 4.98 Å². The number of hydrogen-bond acceptors (Lipinski definition) is 4. The molecule has 0 aliphatic carbocycles. The van der Waals surface area contributed by atoms with Crippen LogP contribution in [0.1, 0.15) is 11.3 Å². The van der Waals surface area contributed by atoms with Crippen molar-refractivity contribution in [1.29, 1.82) is 0 Å². The average molecular weight is 273 g/mol. The molecule has 106 valence electrons. The van der Waals surface area contributed by atoms with Gasteiger partial charge >= 0.3 is 0 Å². The summed E-state index contributed by atoms with van der Waals surface area (Å²) in [5.74, 6) is 1.84. The van der Waals surface area contributed by atoms with Gasteiger partial charge in [0.25, 0.3) is 0 Å². The molecule has 2 rings (SSSR count). The summed E-state index contributed by atoms with van der Waals surface area (Å²) in [6, 6.07) is 7.85. The number of rotatable bonds is 4. The maximum atomic E-state index is 5.36. The zero-order chi connectivity index (χ0) is 14.7. The normalized spacial score (nSPS) is 10.2. The second-order valence-electron chi connectivity index (χ2n) is 4.51. The Bertz CT molecular complexity index is 598. The Balaban J connectivity index is 2.59. The molecule has 0 radical (unpaired) electrons. The van der Waals surface area contributed by atoms with Gasteiger partial charge in [0.05, 0.1) is 27.0 Å². The van der Waals surface area contributed by atoms with E-state index in [0.717, 1.165) is 17.0 Å². The van der Waals surface area contributed by atoms with Crippen LogP contribution in [-0.4, -0.2) is 26.3 Å². The van der Waals surface area contributed by atoms with Crippen LogP contribution < -0.4 is 14.2 Å². The van der Waals surface area contributed by atoms with Crippen LogP contribution in [0.5, 0.6) is 17.2 Å². The maximum absolute atomic E-state index is 5.36. The predicted octanol–water partition coefficient (Wildman–Crippen LogP) is 3.39. The van der Waals surface area contributed by atoms with Crippen LogP contribution in [-0.2, 0) is 0 Å². The first-order valence-corrected chi connectivity index (χ1v) is 6.35. The Morgan fingerprint density at radius 1 is 0.850 bits per heavy atom. The van der Waals surface area contributed by atoms with Crippen molar-refractivity contribution in [3.05, 3.63) is 35.5 Å². The molecule has 2 aromatic rings. The van der Waals surface area contributed by atoms with Crippen LogP contribution in [0, 0.1) is 13.8 Å². The standard InChI is InChI=1S/C16H19NO3/c1-10-6-7-13(17-11(10)2)12-8-14(18-3)16(20-5)15(9-12)19-4/h6-9H,1-5H3. The van der Waals surface area contributed by atoms with Gasteiger partial charge in [0.1, 0.15) is 0 Å². The average Bonchev–Trinajstić information content (AvgIpc) is 2.48.